The maximum Gasteiger partial charge on any atom is 0.321 e. The quantitative estimate of drug-likeness (QED) is 0.898. The Morgan fingerprint density at radius 2 is 2.05 bits per heavy atom. The van der Waals surface area contributed by atoms with Crippen LogP contribution in [0.4, 0.5) is 10.5 Å². The Hall–Kier alpha value is -2.04. The molecule has 1 fully saturated rings. The number of hydrogen-bond donors (Lipinski definition) is 2. The lowest BCUT2D eigenvalue weighted by molar-refractivity contribution is -0.143. The molecule has 2 rings (SSSR count). The van der Waals surface area contributed by atoms with Crippen molar-refractivity contribution in [1.82, 2.24) is 4.90 Å². The van der Waals surface area contributed by atoms with Crippen molar-refractivity contribution in [2.24, 2.45) is 5.92 Å². The highest BCUT2D eigenvalue weighted by Gasteiger charge is 2.28. The summed E-state index contributed by atoms with van der Waals surface area (Å²) in [6.45, 7) is 5.04. The van der Waals surface area contributed by atoms with Crippen molar-refractivity contribution in [3.05, 3.63) is 29.8 Å². The molecule has 0 unspecified atom stereocenters. The lowest BCUT2D eigenvalue weighted by atomic mass is 9.98. The van der Waals surface area contributed by atoms with Crippen molar-refractivity contribution in [3.8, 4) is 0 Å². The minimum atomic E-state index is -0.824. The van der Waals surface area contributed by atoms with Crippen LogP contribution in [0.15, 0.2) is 24.3 Å². The molecule has 5 nitrogen and oxygen atoms in total. The standard InChI is InChI=1S/C16H22N2O3/c1-11(2)13-7-3-4-8-14(13)17-16(21)18-9-5-6-12(10-18)15(19)20/h3-4,7-8,11-12H,5-6,9-10H2,1-2H3,(H,17,21)(H,19,20)/t12-/m0/s1. The summed E-state index contributed by atoms with van der Waals surface area (Å²) in [7, 11) is 0. The van der Waals surface area contributed by atoms with E-state index in [0.717, 1.165) is 17.7 Å². The Morgan fingerprint density at radius 1 is 1.33 bits per heavy atom. The molecule has 1 atom stereocenters. The second kappa shape index (κ2) is 6.61. The van der Waals surface area contributed by atoms with Crippen LogP contribution in [0, 0.1) is 5.92 Å². The third kappa shape index (κ3) is 3.74. The number of rotatable bonds is 3. The van der Waals surface area contributed by atoms with Gasteiger partial charge in [-0.3, -0.25) is 4.79 Å². The highest BCUT2D eigenvalue weighted by Crippen LogP contribution is 2.24. The van der Waals surface area contributed by atoms with Crippen molar-refractivity contribution < 1.29 is 14.7 Å². The Kier molecular flexibility index (Phi) is 4.83. The monoisotopic (exact) mass is 290 g/mol. The molecule has 0 aromatic heterocycles. The molecule has 5 heteroatoms. The number of urea groups is 1. The average Bonchev–Trinajstić information content (AvgIpc) is 2.47. The zero-order valence-electron chi connectivity index (χ0n) is 12.5. The zero-order valence-corrected chi connectivity index (χ0v) is 12.5. The molecule has 1 aliphatic heterocycles. The molecule has 1 aliphatic rings. The number of piperidine rings is 1. The van der Waals surface area contributed by atoms with Crippen molar-refractivity contribution in [1.29, 1.82) is 0 Å². The third-order valence-corrected chi connectivity index (χ3v) is 3.88. The minimum Gasteiger partial charge on any atom is -0.481 e. The predicted molar refractivity (Wildman–Crippen MR) is 81.5 cm³/mol. The van der Waals surface area contributed by atoms with Gasteiger partial charge in [0.25, 0.3) is 0 Å². The number of nitrogens with zero attached hydrogens (tertiary/aromatic N) is 1. The number of anilines is 1. The number of nitrogens with one attached hydrogen (secondary N) is 1. The first kappa shape index (κ1) is 15.4. The molecule has 1 aromatic carbocycles. The molecule has 2 N–H and O–H groups in total. The molecule has 0 bridgehead atoms. The van der Waals surface area contributed by atoms with Gasteiger partial charge in [-0.05, 0) is 30.4 Å². The largest absolute Gasteiger partial charge is 0.481 e. The second-order valence-corrected chi connectivity index (χ2v) is 5.80. The Balaban J connectivity index is 2.06. The van der Waals surface area contributed by atoms with E-state index in [4.69, 9.17) is 5.11 Å². The maximum atomic E-state index is 12.3. The highest BCUT2D eigenvalue weighted by atomic mass is 16.4. The van der Waals surface area contributed by atoms with Gasteiger partial charge in [0.15, 0.2) is 0 Å². The van der Waals surface area contributed by atoms with E-state index in [1.165, 1.54) is 0 Å². The zero-order chi connectivity index (χ0) is 15.4. The van der Waals surface area contributed by atoms with Gasteiger partial charge in [0.1, 0.15) is 0 Å². The number of amides is 2. The summed E-state index contributed by atoms with van der Waals surface area (Å²) < 4.78 is 0. The molecule has 1 saturated heterocycles. The predicted octanol–water partition coefficient (Wildman–Crippen LogP) is 3.14. The van der Waals surface area contributed by atoms with E-state index in [-0.39, 0.29) is 12.6 Å². The van der Waals surface area contributed by atoms with Crippen molar-refractivity contribution >= 4 is 17.7 Å². The molecule has 2 amide bonds. The summed E-state index contributed by atoms with van der Waals surface area (Å²) in [5.74, 6) is -0.963. The van der Waals surface area contributed by atoms with Crippen LogP contribution < -0.4 is 5.32 Å². The van der Waals surface area contributed by atoms with E-state index in [0.29, 0.717) is 18.9 Å². The average molecular weight is 290 g/mol. The summed E-state index contributed by atoms with van der Waals surface area (Å²) >= 11 is 0. The fourth-order valence-electron chi connectivity index (χ4n) is 2.67. The number of likely N-dealkylation sites (tertiary alicyclic amines) is 1. The van der Waals surface area contributed by atoms with Crippen LogP contribution >= 0.6 is 0 Å². The molecule has 1 heterocycles. The molecule has 0 spiro atoms. The molecule has 0 radical (unpaired) electrons. The SMILES string of the molecule is CC(C)c1ccccc1NC(=O)N1CCC[C@H](C(=O)O)C1. The first-order valence-electron chi connectivity index (χ1n) is 7.36. The Bertz CT molecular complexity index is 528. The van der Waals surface area contributed by atoms with Crippen molar-refractivity contribution in [3.63, 3.8) is 0 Å². The maximum absolute atomic E-state index is 12.3. The molecule has 114 valence electrons. The molecular weight excluding hydrogens is 268 g/mol. The number of carboxylic acids is 1. The fourth-order valence-corrected chi connectivity index (χ4v) is 2.67. The number of benzene rings is 1. The fraction of sp³-hybridized carbons (Fsp3) is 0.500. The van der Waals surface area contributed by atoms with Gasteiger partial charge in [0.05, 0.1) is 5.92 Å². The smallest absolute Gasteiger partial charge is 0.321 e. The molecule has 21 heavy (non-hydrogen) atoms. The van der Waals surface area contributed by atoms with E-state index in [9.17, 15) is 9.59 Å². The van der Waals surface area contributed by atoms with E-state index < -0.39 is 11.9 Å². The summed E-state index contributed by atoms with van der Waals surface area (Å²) in [5, 5.41) is 12.0. The van der Waals surface area contributed by atoms with Gasteiger partial charge in [-0.2, -0.15) is 0 Å². The van der Waals surface area contributed by atoms with Gasteiger partial charge in [0.2, 0.25) is 0 Å². The van der Waals surface area contributed by atoms with Crippen LogP contribution in [0.5, 0.6) is 0 Å². The van der Waals surface area contributed by atoms with Crippen LogP contribution in [0.1, 0.15) is 38.2 Å². The number of aliphatic carboxylic acids is 1. The van der Waals surface area contributed by atoms with Crippen molar-refractivity contribution in [2.75, 3.05) is 18.4 Å². The molecular formula is C16H22N2O3. The van der Waals surface area contributed by atoms with Gasteiger partial charge in [-0.1, -0.05) is 32.0 Å². The van der Waals surface area contributed by atoms with Gasteiger partial charge < -0.3 is 15.3 Å². The molecule has 0 saturated carbocycles. The minimum absolute atomic E-state index is 0.214. The van der Waals surface area contributed by atoms with E-state index >= 15 is 0 Å². The van der Waals surface area contributed by atoms with Gasteiger partial charge >= 0.3 is 12.0 Å². The summed E-state index contributed by atoms with van der Waals surface area (Å²) in [6.07, 6.45) is 1.37. The number of para-hydroxylation sites is 1. The van der Waals surface area contributed by atoms with Crippen LogP contribution in [0.25, 0.3) is 0 Å². The van der Waals surface area contributed by atoms with E-state index in [1.54, 1.807) is 4.90 Å². The van der Waals surface area contributed by atoms with Crippen LogP contribution in [-0.2, 0) is 4.79 Å². The summed E-state index contributed by atoms with van der Waals surface area (Å²) in [6, 6.07) is 7.50. The summed E-state index contributed by atoms with van der Waals surface area (Å²) in [4.78, 5) is 25.0. The first-order valence-corrected chi connectivity index (χ1v) is 7.36. The number of carboxylic acid groups (broad SMARTS) is 1. The number of carbonyl (C=O) groups is 2. The van der Waals surface area contributed by atoms with Crippen LogP contribution in [0.2, 0.25) is 0 Å². The normalized spacial score (nSPS) is 18.6. The van der Waals surface area contributed by atoms with Crippen LogP contribution in [-0.4, -0.2) is 35.1 Å². The first-order chi connectivity index (χ1) is 9.99. The number of carbonyl (C=O) groups excluding carboxylic acids is 1. The van der Waals surface area contributed by atoms with E-state index in [2.05, 4.69) is 19.2 Å². The van der Waals surface area contributed by atoms with E-state index in [1.807, 2.05) is 24.3 Å². The van der Waals surface area contributed by atoms with Gasteiger partial charge in [-0.15, -0.1) is 0 Å². The summed E-state index contributed by atoms with van der Waals surface area (Å²) in [5.41, 5.74) is 1.88. The number of hydrogen-bond acceptors (Lipinski definition) is 2. The molecule has 0 aliphatic carbocycles. The topological polar surface area (TPSA) is 69.6 Å². The second-order valence-electron chi connectivity index (χ2n) is 5.80. The Morgan fingerprint density at radius 3 is 2.71 bits per heavy atom. The lowest BCUT2D eigenvalue weighted by Crippen LogP contribution is -2.44. The van der Waals surface area contributed by atoms with Gasteiger partial charge in [-0.25, -0.2) is 4.79 Å². The van der Waals surface area contributed by atoms with Crippen LogP contribution in [0.3, 0.4) is 0 Å². The molecule has 1 aromatic rings. The van der Waals surface area contributed by atoms with Crippen molar-refractivity contribution in [2.45, 2.75) is 32.6 Å². The third-order valence-electron chi connectivity index (χ3n) is 3.88. The van der Waals surface area contributed by atoms with Gasteiger partial charge in [0, 0.05) is 18.8 Å². The highest BCUT2D eigenvalue weighted by molar-refractivity contribution is 5.90. The lowest BCUT2D eigenvalue weighted by Gasteiger charge is -2.31. The Labute approximate surface area is 125 Å².